The van der Waals surface area contributed by atoms with E-state index in [1.54, 1.807) is 29.0 Å². The summed E-state index contributed by atoms with van der Waals surface area (Å²) in [4.78, 5) is 29.7. The van der Waals surface area contributed by atoms with Gasteiger partial charge in [0.2, 0.25) is 11.3 Å². The summed E-state index contributed by atoms with van der Waals surface area (Å²) in [5, 5.41) is 2.85. The van der Waals surface area contributed by atoms with Crippen molar-refractivity contribution < 1.29 is 13.9 Å². The number of benzene rings is 2. The fourth-order valence-corrected chi connectivity index (χ4v) is 4.08. The molecular weight excluding hydrogens is 435 g/mol. The van der Waals surface area contributed by atoms with E-state index in [9.17, 15) is 14.0 Å². The SMILES string of the molecule is COc1cn(CC(=O)NCc2ccc(F)cc2)c(CN2CCN(c3ccccc3)CC2)cc1=O. The lowest BCUT2D eigenvalue weighted by Gasteiger charge is -2.36. The predicted octanol–water partition coefficient (Wildman–Crippen LogP) is 2.63. The molecule has 1 saturated heterocycles. The van der Waals surface area contributed by atoms with Gasteiger partial charge < -0.3 is 19.5 Å². The molecule has 1 fully saturated rings. The molecule has 3 aromatic rings. The van der Waals surface area contributed by atoms with Crippen LogP contribution in [0.25, 0.3) is 0 Å². The van der Waals surface area contributed by atoms with Crippen LogP contribution < -0.4 is 20.4 Å². The van der Waals surface area contributed by atoms with Gasteiger partial charge >= 0.3 is 0 Å². The number of ether oxygens (including phenoxy) is 1. The van der Waals surface area contributed by atoms with E-state index in [-0.39, 0.29) is 29.4 Å². The van der Waals surface area contributed by atoms with E-state index in [0.717, 1.165) is 37.4 Å². The number of nitrogens with zero attached hydrogens (tertiary/aromatic N) is 3. The van der Waals surface area contributed by atoms with E-state index >= 15 is 0 Å². The van der Waals surface area contributed by atoms with Crippen LogP contribution in [0.15, 0.2) is 71.7 Å². The van der Waals surface area contributed by atoms with Crippen LogP contribution in [0.5, 0.6) is 5.75 Å². The van der Waals surface area contributed by atoms with Crippen LogP contribution >= 0.6 is 0 Å². The average molecular weight is 465 g/mol. The van der Waals surface area contributed by atoms with Gasteiger partial charge in [0.25, 0.3) is 0 Å². The Hall–Kier alpha value is -3.65. The lowest BCUT2D eigenvalue weighted by atomic mass is 10.2. The molecule has 0 unspecified atom stereocenters. The first-order chi connectivity index (χ1) is 16.5. The number of carbonyl (C=O) groups is 1. The van der Waals surface area contributed by atoms with E-state index in [2.05, 4.69) is 27.2 Å². The highest BCUT2D eigenvalue weighted by atomic mass is 19.1. The maximum atomic E-state index is 13.1. The minimum atomic E-state index is -0.315. The number of aromatic nitrogens is 1. The quantitative estimate of drug-likeness (QED) is 0.555. The van der Waals surface area contributed by atoms with Gasteiger partial charge in [-0.25, -0.2) is 4.39 Å². The number of carbonyl (C=O) groups excluding carboxylic acids is 1. The van der Waals surface area contributed by atoms with Crippen molar-refractivity contribution in [2.24, 2.45) is 0 Å². The first-order valence-electron chi connectivity index (χ1n) is 11.3. The maximum Gasteiger partial charge on any atom is 0.240 e. The highest BCUT2D eigenvalue weighted by Gasteiger charge is 2.19. The molecular formula is C26H29FN4O3. The van der Waals surface area contributed by atoms with Crippen LogP contribution in [0.2, 0.25) is 0 Å². The molecule has 1 aliphatic heterocycles. The maximum absolute atomic E-state index is 13.1. The molecule has 0 radical (unpaired) electrons. The Kier molecular flexibility index (Phi) is 7.59. The number of hydrogen-bond acceptors (Lipinski definition) is 5. The molecule has 0 spiro atoms. The fraction of sp³-hybridized carbons (Fsp3) is 0.308. The second-order valence-electron chi connectivity index (χ2n) is 8.33. The van der Waals surface area contributed by atoms with Crippen molar-refractivity contribution in [3.63, 3.8) is 0 Å². The van der Waals surface area contributed by atoms with Crippen LogP contribution in [0, 0.1) is 5.82 Å². The number of piperazine rings is 1. The predicted molar refractivity (Wildman–Crippen MR) is 129 cm³/mol. The van der Waals surface area contributed by atoms with Gasteiger partial charge in [-0.15, -0.1) is 0 Å². The number of halogens is 1. The smallest absolute Gasteiger partial charge is 0.240 e. The molecule has 34 heavy (non-hydrogen) atoms. The summed E-state index contributed by atoms with van der Waals surface area (Å²) in [6.07, 6.45) is 1.59. The Morgan fingerprint density at radius 1 is 1.03 bits per heavy atom. The summed E-state index contributed by atoms with van der Waals surface area (Å²) in [6.45, 7) is 4.40. The monoisotopic (exact) mass is 464 g/mol. The van der Waals surface area contributed by atoms with E-state index < -0.39 is 0 Å². The molecule has 8 heteroatoms. The molecule has 0 saturated carbocycles. The lowest BCUT2D eigenvalue weighted by molar-refractivity contribution is -0.121. The standard InChI is InChI=1S/C26H29FN4O3/c1-34-25-18-31(19-26(33)28-16-20-7-9-21(27)10-8-20)23(15-24(25)32)17-29-11-13-30(14-12-29)22-5-3-2-4-6-22/h2-10,15,18H,11-14,16-17,19H2,1H3,(H,28,33). The van der Waals surface area contributed by atoms with Crippen LogP contribution in [0.1, 0.15) is 11.3 Å². The van der Waals surface area contributed by atoms with Crippen molar-refractivity contribution in [1.82, 2.24) is 14.8 Å². The Bertz CT molecular complexity index is 1160. The van der Waals surface area contributed by atoms with Crippen molar-refractivity contribution in [2.45, 2.75) is 19.6 Å². The number of nitrogens with one attached hydrogen (secondary N) is 1. The Morgan fingerprint density at radius 3 is 2.41 bits per heavy atom. The molecule has 0 atom stereocenters. The zero-order chi connectivity index (χ0) is 23.9. The van der Waals surface area contributed by atoms with Crippen molar-refractivity contribution >= 4 is 11.6 Å². The second kappa shape index (κ2) is 11.0. The van der Waals surface area contributed by atoms with Crippen molar-refractivity contribution in [2.75, 3.05) is 38.2 Å². The third-order valence-corrected chi connectivity index (χ3v) is 6.00. The number of anilines is 1. The van der Waals surface area contributed by atoms with E-state index in [0.29, 0.717) is 13.1 Å². The van der Waals surface area contributed by atoms with Gasteiger partial charge in [-0.2, -0.15) is 0 Å². The Balaban J connectivity index is 1.40. The number of para-hydroxylation sites is 1. The molecule has 1 aromatic heterocycles. The van der Waals surface area contributed by atoms with E-state index in [1.165, 1.54) is 24.9 Å². The van der Waals surface area contributed by atoms with Crippen molar-refractivity contribution in [3.8, 4) is 5.75 Å². The van der Waals surface area contributed by atoms with Gasteiger partial charge in [0.1, 0.15) is 12.4 Å². The van der Waals surface area contributed by atoms with Gasteiger partial charge in [-0.1, -0.05) is 30.3 Å². The van der Waals surface area contributed by atoms with Crippen LogP contribution in [0.3, 0.4) is 0 Å². The van der Waals surface area contributed by atoms with Gasteiger partial charge in [-0.05, 0) is 29.8 Å². The molecule has 178 valence electrons. The largest absolute Gasteiger partial charge is 0.491 e. The van der Waals surface area contributed by atoms with Gasteiger partial charge in [0.15, 0.2) is 5.75 Å². The molecule has 0 aliphatic carbocycles. The second-order valence-corrected chi connectivity index (χ2v) is 8.33. The summed E-state index contributed by atoms with van der Waals surface area (Å²) in [5.41, 5.74) is 2.57. The third-order valence-electron chi connectivity index (χ3n) is 6.00. The summed E-state index contributed by atoms with van der Waals surface area (Å²) in [5.74, 6) is -0.321. The van der Waals surface area contributed by atoms with Crippen molar-refractivity contribution in [1.29, 1.82) is 0 Å². The minimum absolute atomic E-state index is 0.0527. The molecule has 1 amide bonds. The third kappa shape index (κ3) is 6.02. The summed E-state index contributed by atoms with van der Waals surface area (Å²) in [7, 11) is 1.44. The minimum Gasteiger partial charge on any atom is -0.491 e. The van der Waals surface area contributed by atoms with Crippen molar-refractivity contribution in [3.05, 3.63) is 94.2 Å². The first kappa shape index (κ1) is 23.5. The van der Waals surface area contributed by atoms with Crippen LogP contribution in [0.4, 0.5) is 10.1 Å². The molecule has 1 aliphatic rings. The average Bonchev–Trinajstić information content (AvgIpc) is 2.86. The van der Waals surface area contributed by atoms with Crippen LogP contribution in [-0.4, -0.2) is 48.7 Å². The molecule has 1 N–H and O–H groups in total. The van der Waals surface area contributed by atoms with Crippen LogP contribution in [-0.2, 0) is 24.4 Å². The Labute approximate surface area is 198 Å². The molecule has 7 nitrogen and oxygen atoms in total. The summed E-state index contributed by atoms with van der Waals surface area (Å²) < 4.78 is 20.0. The molecule has 4 rings (SSSR count). The summed E-state index contributed by atoms with van der Waals surface area (Å²) >= 11 is 0. The molecule has 0 bridgehead atoms. The first-order valence-corrected chi connectivity index (χ1v) is 11.3. The Morgan fingerprint density at radius 2 is 1.74 bits per heavy atom. The summed E-state index contributed by atoms with van der Waals surface area (Å²) in [6, 6.07) is 17.9. The fourth-order valence-electron chi connectivity index (χ4n) is 4.08. The number of rotatable bonds is 8. The number of amides is 1. The topological polar surface area (TPSA) is 66.8 Å². The molecule has 2 aromatic carbocycles. The van der Waals surface area contributed by atoms with Gasteiger partial charge in [0.05, 0.1) is 13.3 Å². The van der Waals surface area contributed by atoms with Gasteiger partial charge in [-0.3, -0.25) is 14.5 Å². The highest BCUT2D eigenvalue weighted by molar-refractivity contribution is 5.75. The number of pyridine rings is 1. The number of hydrogen-bond donors (Lipinski definition) is 1. The molecule has 2 heterocycles. The van der Waals surface area contributed by atoms with E-state index in [1.807, 2.05) is 18.2 Å². The zero-order valence-electron chi connectivity index (χ0n) is 19.2. The van der Waals surface area contributed by atoms with Gasteiger partial charge in [0, 0.05) is 56.7 Å². The van der Waals surface area contributed by atoms with E-state index in [4.69, 9.17) is 4.74 Å². The highest BCUT2D eigenvalue weighted by Crippen LogP contribution is 2.17. The number of methoxy groups -OCH3 is 1. The lowest BCUT2D eigenvalue weighted by Crippen LogP contribution is -2.46. The normalized spacial score (nSPS) is 14.1. The zero-order valence-corrected chi connectivity index (χ0v) is 19.2.